The molecule has 2 unspecified atom stereocenters. The molecular formula is C20H27N5O4. The normalized spacial score (nSPS) is 22.4. The minimum absolute atomic E-state index is 0.161. The zero-order valence-corrected chi connectivity index (χ0v) is 16.9. The van der Waals surface area contributed by atoms with Crippen LogP contribution in [0.3, 0.4) is 0 Å². The number of fused-ring (bicyclic) bond motifs is 4. The summed E-state index contributed by atoms with van der Waals surface area (Å²) in [4.78, 5) is 8.50. The van der Waals surface area contributed by atoms with Gasteiger partial charge >= 0.3 is 0 Å². The molecule has 0 amide bonds. The molecule has 0 radical (unpaired) electrons. The van der Waals surface area contributed by atoms with Gasteiger partial charge in [-0.25, -0.2) is 0 Å². The van der Waals surface area contributed by atoms with E-state index in [0.29, 0.717) is 35.5 Å². The molecule has 2 aromatic rings. The van der Waals surface area contributed by atoms with Crippen LogP contribution >= 0.6 is 0 Å². The molecule has 2 heterocycles. The van der Waals surface area contributed by atoms with E-state index in [1.165, 1.54) is 0 Å². The highest BCUT2D eigenvalue weighted by Gasteiger charge is 2.44. The minimum atomic E-state index is -0.524. The number of hydrogen-bond donors (Lipinski definition) is 3. The van der Waals surface area contributed by atoms with Crippen molar-refractivity contribution in [3.63, 3.8) is 0 Å². The minimum Gasteiger partial charge on any atom is -0.493 e. The summed E-state index contributed by atoms with van der Waals surface area (Å²) in [5.74, 6) is 3.29. The highest BCUT2D eigenvalue weighted by atomic mass is 16.5. The fourth-order valence-electron chi connectivity index (χ4n) is 4.42. The average Bonchev–Trinajstić information content (AvgIpc) is 2.70. The van der Waals surface area contributed by atoms with Gasteiger partial charge in [-0.2, -0.15) is 9.97 Å². The van der Waals surface area contributed by atoms with E-state index in [1.54, 1.807) is 21.3 Å². The van der Waals surface area contributed by atoms with Gasteiger partial charge in [0, 0.05) is 12.0 Å². The molecule has 4 rings (SSSR count). The van der Waals surface area contributed by atoms with Crippen LogP contribution in [0.4, 0.5) is 17.6 Å². The quantitative estimate of drug-likeness (QED) is 0.669. The van der Waals surface area contributed by atoms with Gasteiger partial charge in [0.25, 0.3) is 0 Å². The smallest absolute Gasteiger partial charge is 0.223 e. The van der Waals surface area contributed by atoms with Crippen molar-refractivity contribution in [1.82, 2.24) is 9.97 Å². The van der Waals surface area contributed by atoms with Crippen molar-refractivity contribution < 1.29 is 18.9 Å². The lowest BCUT2D eigenvalue weighted by Gasteiger charge is -2.46. The third-order valence-electron chi connectivity index (χ3n) is 5.70. The van der Waals surface area contributed by atoms with Crippen LogP contribution in [-0.2, 0) is 11.3 Å². The first-order chi connectivity index (χ1) is 14.0. The number of benzene rings is 1. The molecular weight excluding hydrogens is 374 g/mol. The maximum absolute atomic E-state index is 6.43. The van der Waals surface area contributed by atoms with Gasteiger partial charge in [-0.1, -0.05) is 0 Å². The van der Waals surface area contributed by atoms with E-state index in [-0.39, 0.29) is 11.9 Å². The van der Waals surface area contributed by atoms with E-state index in [4.69, 9.17) is 30.4 Å². The fraction of sp³-hybridized carbons (Fsp3) is 0.500. The van der Waals surface area contributed by atoms with Crippen LogP contribution in [0.5, 0.6) is 17.2 Å². The molecule has 29 heavy (non-hydrogen) atoms. The maximum Gasteiger partial charge on any atom is 0.223 e. The SMILES string of the molecule is COc1cc(COC23CCCC(C2)c2c(N)nc(N)nc2N3)cc(OC)c1OC. The molecule has 156 valence electrons. The summed E-state index contributed by atoms with van der Waals surface area (Å²) < 4.78 is 22.7. The Kier molecular flexibility index (Phi) is 4.99. The average molecular weight is 401 g/mol. The summed E-state index contributed by atoms with van der Waals surface area (Å²) in [6.07, 6.45) is 3.73. The number of aromatic nitrogens is 2. The molecule has 2 atom stereocenters. The van der Waals surface area contributed by atoms with Crippen LogP contribution in [0.2, 0.25) is 0 Å². The van der Waals surface area contributed by atoms with Crippen LogP contribution in [0.15, 0.2) is 12.1 Å². The molecule has 0 spiro atoms. The molecule has 9 nitrogen and oxygen atoms in total. The summed E-state index contributed by atoms with van der Waals surface area (Å²) in [6.45, 7) is 0.377. The molecule has 1 aromatic heterocycles. The Labute approximate surface area is 169 Å². The summed E-state index contributed by atoms with van der Waals surface area (Å²) in [6, 6.07) is 3.79. The second-order valence-corrected chi connectivity index (χ2v) is 7.46. The van der Waals surface area contributed by atoms with Gasteiger partial charge in [0.1, 0.15) is 17.4 Å². The Morgan fingerprint density at radius 1 is 1.10 bits per heavy atom. The predicted molar refractivity (Wildman–Crippen MR) is 109 cm³/mol. The lowest BCUT2D eigenvalue weighted by Crippen LogP contribution is -2.48. The monoisotopic (exact) mass is 401 g/mol. The van der Waals surface area contributed by atoms with Crippen LogP contribution in [-0.4, -0.2) is 37.0 Å². The van der Waals surface area contributed by atoms with Crippen molar-refractivity contribution in [3.05, 3.63) is 23.3 Å². The Bertz CT molecular complexity index is 897. The first-order valence-corrected chi connectivity index (χ1v) is 9.62. The number of methoxy groups -OCH3 is 3. The molecule has 1 aromatic carbocycles. The highest BCUT2D eigenvalue weighted by Crippen LogP contribution is 2.49. The van der Waals surface area contributed by atoms with Crippen molar-refractivity contribution in [2.45, 2.75) is 43.9 Å². The molecule has 5 N–H and O–H groups in total. The van der Waals surface area contributed by atoms with Crippen molar-refractivity contribution in [3.8, 4) is 17.2 Å². The number of anilines is 3. The Hall–Kier alpha value is -2.94. The van der Waals surface area contributed by atoms with Gasteiger partial charge in [0.2, 0.25) is 11.7 Å². The predicted octanol–water partition coefficient (Wildman–Crippen LogP) is 2.66. The van der Waals surface area contributed by atoms with Crippen molar-refractivity contribution in [1.29, 1.82) is 0 Å². The maximum atomic E-state index is 6.43. The van der Waals surface area contributed by atoms with Gasteiger partial charge in [-0.3, -0.25) is 0 Å². The fourth-order valence-corrected chi connectivity index (χ4v) is 4.42. The Morgan fingerprint density at radius 3 is 2.48 bits per heavy atom. The van der Waals surface area contributed by atoms with E-state index in [9.17, 15) is 0 Å². The van der Waals surface area contributed by atoms with Gasteiger partial charge in [-0.15, -0.1) is 0 Å². The number of nitrogens with one attached hydrogen (secondary N) is 1. The lowest BCUT2D eigenvalue weighted by atomic mass is 9.76. The second kappa shape index (κ2) is 7.47. The summed E-state index contributed by atoms with van der Waals surface area (Å²) in [7, 11) is 4.78. The third kappa shape index (κ3) is 3.46. The molecule has 2 bridgehead atoms. The van der Waals surface area contributed by atoms with Gasteiger partial charge in [0.15, 0.2) is 11.5 Å². The van der Waals surface area contributed by atoms with Crippen LogP contribution in [0, 0.1) is 0 Å². The largest absolute Gasteiger partial charge is 0.493 e. The number of ether oxygens (including phenoxy) is 4. The Morgan fingerprint density at radius 2 is 1.83 bits per heavy atom. The summed E-state index contributed by atoms with van der Waals surface area (Å²) >= 11 is 0. The number of rotatable bonds is 6. The van der Waals surface area contributed by atoms with Gasteiger partial charge in [-0.05, 0) is 42.9 Å². The van der Waals surface area contributed by atoms with E-state index in [1.807, 2.05) is 12.1 Å². The molecule has 2 aliphatic rings. The molecule has 1 fully saturated rings. The molecule has 0 saturated heterocycles. The van der Waals surface area contributed by atoms with E-state index < -0.39 is 5.72 Å². The molecule has 1 aliphatic carbocycles. The van der Waals surface area contributed by atoms with Crippen LogP contribution in [0.1, 0.15) is 42.7 Å². The first kappa shape index (κ1) is 19.4. The van der Waals surface area contributed by atoms with Gasteiger partial charge < -0.3 is 35.7 Å². The third-order valence-corrected chi connectivity index (χ3v) is 5.70. The standard InChI is InChI=1S/C20H27N5O4/c1-26-13-7-11(8-14(27-2)16(13)28-3)10-29-20-6-4-5-12(9-20)15-17(21)23-19(22)24-18(15)25-20/h7-8,12H,4-6,9-10H2,1-3H3,(H5,21,22,23,24,25). The number of nitrogen functional groups attached to an aromatic ring is 2. The van der Waals surface area contributed by atoms with Crippen LogP contribution in [0.25, 0.3) is 0 Å². The second-order valence-electron chi connectivity index (χ2n) is 7.46. The zero-order chi connectivity index (χ0) is 20.6. The summed E-state index contributed by atoms with van der Waals surface area (Å²) in [5, 5.41) is 3.45. The number of nitrogens with two attached hydrogens (primary N) is 2. The lowest BCUT2D eigenvalue weighted by molar-refractivity contribution is -0.0680. The van der Waals surface area contributed by atoms with E-state index >= 15 is 0 Å². The summed E-state index contributed by atoms with van der Waals surface area (Å²) in [5.41, 5.74) is 13.3. The topological polar surface area (TPSA) is 127 Å². The van der Waals surface area contributed by atoms with E-state index in [0.717, 1.165) is 36.8 Å². The van der Waals surface area contributed by atoms with Gasteiger partial charge in [0.05, 0.1) is 27.9 Å². The first-order valence-electron chi connectivity index (χ1n) is 9.62. The van der Waals surface area contributed by atoms with Crippen LogP contribution < -0.4 is 31.0 Å². The van der Waals surface area contributed by atoms with Crippen molar-refractivity contribution in [2.24, 2.45) is 0 Å². The van der Waals surface area contributed by atoms with Crippen molar-refractivity contribution >= 4 is 17.6 Å². The van der Waals surface area contributed by atoms with E-state index in [2.05, 4.69) is 15.3 Å². The zero-order valence-electron chi connectivity index (χ0n) is 16.9. The van der Waals surface area contributed by atoms with Crippen molar-refractivity contribution in [2.75, 3.05) is 38.1 Å². The molecule has 9 heteroatoms. The number of hydrogen-bond acceptors (Lipinski definition) is 9. The Balaban J connectivity index is 1.60. The molecule has 1 saturated carbocycles. The molecule has 1 aliphatic heterocycles. The highest BCUT2D eigenvalue weighted by molar-refractivity contribution is 5.63. The number of nitrogens with zero attached hydrogens (tertiary/aromatic N) is 2.